The zero-order valence-corrected chi connectivity index (χ0v) is 12.3. The van der Waals surface area contributed by atoms with Crippen LogP contribution in [0, 0.1) is 11.3 Å². The quantitative estimate of drug-likeness (QED) is 0.848. The summed E-state index contributed by atoms with van der Waals surface area (Å²) < 4.78 is 5.43. The molecule has 0 fully saturated rings. The Balaban J connectivity index is 1.88. The van der Waals surface area contributed by atoms with E-state index < -0.39 is 0 Å². The molecule has 0 amide bonds. The Morgan fingerprint density at radius 3 is 2.95 bits per heavy atom. The molecule has 0 radical (unpaired) electrons. The van der Waals surface area contributed by atoms with Crippen LogP contribution in [0.25, 0.3) is 0 Å². The molecule has 1 heterocycles. The Labute approximate surface area is 123 Å². The Morgan fingerprint density at radius 2 is 2.20 bits per heavy atom. The summed E-state index contributed by atoms with van der Waals surface area (Å²) in [6, 6.07) is 12.4. The number of thiophene rings is 1. The molecule has 0 aliphatic carbocycles. The van der Waals surface area contributed by atoms with Gasteiger partial charge < -0.3 is 10.1 Å². The molecule has 2 rings (SSSR count). The van der Waals surface area contributed by atoms with Crippen molar-refractivity contribution in [3.63, 3.8) is 0 Å². The molecule has 1 aromatic heterocycles. The molecule has 4 heteroatoms. The van der Waals surface area contributed by atoms with Crippen LogP contribution in [-0.4, -0.2) is 12.6 Å². The SMILES string of the molecule is CC(Cc1ccsc1)NCc1ccccc1OCC#N. The van der Waals surface area contributed by atoms with E-state index in [1.54, 1.807) is 11.3 Å². The number of nitriles is 1. The van der Waals surface area contributed by atoms with E-state index in [0.29, 0.717) is 6.04 Å². The highest BCUT2D eigenvalue weighted by Gasteiger charge is 2.06. The fraction of sp³-hybridized carbons (Fsp3) is 0.312. The maximum Gasteiger partial charge on any atom is 0.174 e. The second-order valence-electron chi connectivity index (χ2n) is 4.67. The summed E-state index contributed by atoms with van der Waals surface area (Å²) >= 11 is 1.73. The van der Waals surface area contributed by atoms with Gasteiger partial charge in [0.25, 0.3) is 0 Å². The zero-order chi connectivity index (χ0) is 14.2. The van der Waals surface area contributed by atoms with Crippen LogP contribution in [0.2, 0.25) is 0 Å². The monoisotopic (exact) mass is 286 g/mol. The van der Waals surface area contributed by atoms with Gasteiger partial charge in [0, 0.05) is 18.2 Å². The van der Waals surface area contributed by atoms with Gasteiger partial charge in [-0.2, -0.15) is 16.6 Å². The fourth-order valence-electron chi connectivity index (χ4n) is 2.02. The minimum atomic E-state index is 0.0848. The van der Waals surface area contributed by atoms with Gasteiger partial charge >= 0.3 is 0 Å². The van der Waals surface area contributed by atoms with Crippen molar-refractivity contribution in [2.24, 2.45) is 0 Å². The Bertz CT molecular complexity index is 560. The van der Waals surface area contributed by atoms with Crippen LogP contribution in [0.4, 0.5) is 0 Å². The summed E-state index contributed by atoms with van der Waals surface area (Å²) in [5.41, 5.74) is 2.45. The van der Waals surface area contributed by atoms with E-state index in [2.05, 4.69) is 29.1 Å². The molecule has 3 nitrogen and oxygen atoms in total. The third-order valence-electron chi connectivity index (χ3n) is 3.03. The van der Waals surface area contributed by atoms with Crippen molar-refractivity contribution in [3.05, 3.63) is 52.2 Å². The Hall–Kier alpha value is -1.83. The number of rotatable bonds is 7. The van der Waals surface area contributed by atoms with Crippen LogP contribution in [0.3, 0.4) is 0 Å². The lowest BCUT2D eigenvalue weighted by atomic mass is 10.1. The molecule has 1 atom stereocenters. The third-order valence-corrected chi connectivity index (χ3v) is 3.76. The summed E-state index contributed by atoms with van der Waals surface area (Å²) in [4.78, 5) is 0. The van der Waals surface area contributed by atoms with E-state index in [4.69, 9.17) is 10.00 Å². The van der Waals surface area contributed by atoms with E-state index in [1.165, 1.54) is 5.56 Å². The van der Waals surface area contributed by atoms with Crippen molar-refractivity contribution in [2.75, 3.05) is 6.61 Å². The van der Waals surface area contributed by atoms with Crippen LogP contribution in [-0.2, 0) is 13.0 Å². The Morgan fingerprint density at radius 1 is 1.35 bits per heavy atom. The molecule has 0 saturated carbocycles. The lowest BCUT2D eigenvalue weighted by Crippen LogP contribution is -2.27. The maximum absolute atomic E-state index is 8.59. The maximum atomic E-state index is 8.59. The van der Waals surface area contributed by atoms with Gasteiger partial charge in [0.1, 0.15) is 11.8 Å². The molecule has 2 aromatic rings. The molecule has 0 spiro atoms. The van der Waals surface area contributed by atoms with Gasteiger partial charge in [0.05, 0.1) is 0 Å². The lowest BCUT2D eigenvalue weighted by Gasteiger charge is -2.15. The number of hydrogen-bond donors (Lipinski definition) is 1. The first-order valence-electron chi connectivity index (χ1n) is 6.61. The predicted octanol–water partition coefficient (Wildman–Crippen LogP) is 3.37. The van der Waals surface area contributed by atoms with Crippen LogP contribution >= 0.6 is 11.3 Å². The molecule has 1 aromatic carbocycles. The first-order chi connectivity index (χ1) is 9.79. The molecular formula is C16H18N2OS. The molecule has 0 bridgehead atoms. The minimum absolute atomic E-state index is 0.0848. The molecular weight excluding hydrogens is 268 g/mol. The largest absolute Gasteiger partial charge is 0.478 e. The molecule has 0 aliphatic rings. The van der Waals surface area contributed by atoms with Gasteiger partial charge in [-0.05, 0) is 41.8 Å². The summed E-state index contributed by atoms with van der Waals surface area (Å²) in [5.74, 6) is 0.782. The van der Waals surface area contributed by atoms with E-state index in [9.17, 15) is 0 Å². The summed E-state index contributed by atoms with van der Waals surface area (Å²) in [7, 11) is 0. The molecule has 1 unspecified atom stereocenters. The van der Waals surface area contributed by atoms with Crippen molar-refractivity contribution in [3.8, 4) is 11.8 Å². The molecule has 0 saturated heterocycles. The van der Waals surface area contributed by atoms with E-state index >= 15 is 0 Å². The smallest absolute Gasteiger partial charge is 0.174 e. The van der Waals surface area contributed by atoms with Crippen molar-refractivity contribution in [1.29, 1.82) is 5.26 Å². The summed E-state index contributed by atoms with van der Waals surface area (Å²) in [6.07, 6.45) is 1.02. The number of nitrogens with zero attached hydrogens (tertiary/aromatic N) is 1. The highest BCUT2D eigenvalue weighted by atomic mass is 32.1. The molecule has 20 heavy (non-hydrogen) atoms. The van der Waals surface area contributed by atoms with Crippen molar-refractivity contribution >= 4 is 11.3 Å². The van der Waals surface area contributed by atoms with E-state index in [0.717, 1.165) is 24.3 Å². The Kier molecular flexibility index (Phi) is 5.60. The minimum Gasteiger partial charge on any atom is -0.478 e. The van der Waals surface area contributed by atoms with Gasteiger partial charge in [-0.3, -0.25) is 0 Å². The standard InChI is InChI=1S/C16H18N2OS/c1-13(10-14-6-9-20-12-14)18-11-15-4-2-3-5-16(15)19-8-7-17/h2-6,9,12-13,18H,8,10-11H2,1H3. The number of hydrogen-bond acceptors (Lipinski definition) is 4. The van der Waals surface area contributed by atoms with Gasteiger partial charge in [-0.15, -0.1) is 0 Å². The van der Waals surface area contributed by atoms with Crippen molar-refractivity contribution < 1.29 is 4.74 Å². The van der Waals surface area contributed by atoms with Crippen LogP contribution in [0.1, 0.15) is 18.1 Å². The van der Waals surface area contributed by atoms with Crippen LogP contribution < -0.4 is 10.1 Å². The second kappa shape index (κ2) is 7.68. The average molecular weight is 286 g/mol. The number of ether oxygens (including phenoxy) is 1. The highest BCUT2D eigenvalue weighted by Crippen LogP contribution is 2.18. The number of benzene rings is 1. The molecule has 1 N–H and O–H groups in total. The van der Waals surface area contributed by atoms with Crippen LogP contribution in [0.5, 0.6) is 5.75 Å². The molecule has 0 aliphatic heterocycles. The lowest BCUT2D eigenvalue weighted by molar-refractivity contribution is 0.361. The van der Waals surface area contributed by atoms with E-state index in [-0.39, 0.29) is 6.61 Å². The second-order valence-corrected chi connectivity index (χ2v) is 5.45. The fourth-order valence-corrected chi connectivity index (χ4v) is 2.70. The third kappa shape index (κ3) is 4.37. The average Bonchev–Trinajstić information content (AvgIpc) is 2.96. The topological polar surface area (TPSA) is 45.0 Å². The summed E-state index contributed by atoms with van der Waals surface area (Å²) in [6.45, 7) is 3.00. The van der Waals surface area contributed by atoms with Gasteiger partial charge in [-0.25, -0.2) is 0 Å². The van der Waals surface area contributed by atoms with E-state index in [1.807, 2.05) is 30.3 Å². The number of nitrogens with one attached hydrogen (secondary N) is 1. The van der Waals surface area contributed by atoms with Gasteiger partial charge in [0.2, 0.25) is 0 Å². The van der Waals surface area contributed by atoms with Crippen molar-refractivity contribution in [2.45, 2.75) is 25.9 Å². The number of para-hydroxylation sites is 1. The normalized spacial score (nSPS) is 11.8. The summed E-state index contributed by atoms with van der Waals surface area (Å²) in [5, 5.41) is 16.4. The first kappa shape index (κ1) is 14.6. The molecule has 104 valence electrons. The van der Waals surface area contributed by atoms with Gasteiger partial charge in [-0.1, -0.05) is 18.2 Å². The van der Waals surface area contributed by atoms with Crippen molar-refractivity contribution in [1.82, 2.24) is 5.32 Å². The first-order valence-corrected chi connectivity index (χ1v) is 7.56. The zero-order valence-electron chi connectivity index (χ0n) is 11.5. The van der Waals surface area contributed by atoms with Crippen LogP contribution in [0.15, 0.2) is 41.1 Å². The predicted molar refractivity (Wildman–Crippen MR) is 81.9 cm³/mol. The highest BCUT2D eigenvalue weighted by molar-refractivity contribution is 7.07. The van der Waals surface area contributed by atoms with Gasteiger partial charge in [0.15, 0.2) is 6.61 Å².